The summed E-state index contributed by atoms with van der Waals surface area (Å²) >= 11 is 1.11. The van der Waals surface area contributed by atoms with E-state index in [1.54, 1.807) is 11.6 Å². The van der Waals surface area contributed by atoms with E-state index in [-0.39, 0.29) is 11.4 Å². The molecule has 0 bridgehead atoms. The number of thioether (sulfide) groups is 1. The third kappa shape index (κ3) is 5.02. The van der Waals surface area contributed by atoms with Crippen molar-refractivity contribution in [3.05, 3.63) is 59.7 Å². The number of alkyl halides is 3. The predicted octanol–water partition coefficient (Wildman–Crippen LogP) is 5.36. The molecule has 158 valence electrons. The fraction of sp³-hybridized carbons (Fsp3) is 0.286. The minimum atomic E-state index is -4.54. The van der Waals surface area contributed by atoms with Crippen LogP contribution in [0.2, 0.25) is 0 Å². The summed E-state index contributed by atoms with van der Waals surface area (Å²) in [7, 11) is 1.78. The fourth-order valence-corrected chi connectivity index (χ4v) is 3.58. The first-order valence-electron chi connectivity index (χ1n) is 9.25. The second kappa shape index (κ2) is 8.91. The highest BCUT2D eigenvalue weighted by Gasteiger charge is 2.33. The Hall–Kier alpha value is -2.81. The molecule has 3 aromatic rings. The molecule has 0 radical (unpaired) electrons. The molecule has 0 spiro atoms. The van der Waals surface area contributed by atoms with Crippen LogP contribution in [0.4, 0.5) is 18.9 Å². The van der Waals surface area contributed by atoms with Crippen molar-refractivity contribution in [1.82, 2.24) is 14.8 Å². The monoisotopic (exact) mass is 434 g/mol. The summed E-state index contributed by atoms with van der Waals surface area (Å²) in [6.45, 7) is 4.23. The molecular weight excluding hydrogens is 413 g/mol. The van der Waals surface area contributed by atoms with Crippen molar-refractivity contribution in [3.8, 4) is 11.4 Å². The number of aromatic nitrogens is 3. The zero-order valence-electron chi connectivity index (χ0n) is 16.7. The van der Waals surface area contributed by atoms with Crippen molar-refractivity contribution >= 4 is 23.4 Å². The van der Waals surface area contributed by atoms with Crippen molar-refractivity contribution in [1.29, 1.82) is 0 Å². The van der Waals surface area contributed by atoms with Crippen molar-refractivity contribution in [2.45, 2.75) is 31.1 Å². The van der Waals surface area contributed by atoms with Crippen molar-refractivity contribution in [3.63, 3.8) is 0 Å². The number of hydrogen-bond acceptors (Lipinski definition) is 4. The third-order valence-electron chi connectivity index (χ3n) is 4.51. The van der Waals surface area contributed by atoms with Crippen LogP contribution >= 0.6 is 11.8 Å². The Kier molecular flexibility index (Phi) is 6.50. The number of para-hydroxylation sites is 1. The molecule has 0 saturated carbocycles. The molecule has 0 atom stereocenters. The van der Waals surface area contributed by atoms with Crippen LogP contribution < -0.4 is 5.32 Å². The lowest BCUT2D eigenvalue weighted by Crippen LogP contribution is -2.18. The van der Waals surface area contributed by atoms with Gasteiger partial charge in [0.2, 0.25) is 5.91 Å². The molecule has 5 nitrogen and oxygen atoms in total. The lowest BCUT2D eigenvalue weighted by Gasteiger charge is -2.13. The molecular formula is C21H21F3N4OS. The Labute approximate surface area is 176 Å². The van der Waals surface area contributed by atoms with E-state index in [0.29, 0.717) is 16.9 Å². The van der Waals surface area contributed by atoms with Crippen LogP contribution in [0.25, 0.3) is 11.4 Å². The van der Waals surface area contributed by atoms with Gasteiger partial charge in [-0.25, -0.2) is 0 Å². The second-order valence-corrected chi connectivity index (χ2v) is 7.96. The number of nitrogens with one attached hydrogen (secondary N) is 1. The number of anilines is 1. The number of nitrogens with zero attached hydrogens (tertiary/aromatic N) is 3. The first-order valence-corrected chi connectivity index (χ1v) is 10.2. The lowest BCUT2D eigenvalue weighted by molar-refractivity contribution is -0.137. The standard InChI is InChI=1S/C21H21F3N4OS/c1-13(2)14-8-10-15(11-9-14)19-26-27-20(28(19)3)30-12-18(29)25-17-7-5-4-6-16(17)21(22,23)24/h4-11,13H,12H2,1-3H3,(H,25,29). The highest BCUT2D eigenvalue weighted by Crippen LogP contribution is 2.34. The normalized spacial score (nSPS) is 11.7. The summed E-state index contributed by atoms with van der Waals surface area (Å²) in [5.74, 6) is 0.425. The largest absolute Gasteiger partial charge is 0.418 e. The number of benzene rings is 2. The second-order valence-electron chi connectivity index (χ2n) is 7.02. The Morgan fingerprint density at radius 1 is 1.10 bits per heavy atom. The molecule has 9 heteroatoms. The number of carbonyl (C=O) groups is 1. The Morgan fingerprint density at radius 2 is 1.77 bits per heavy atom. The van der Waals surface area contributed by atoms with E-state index >= 15 is 0 Å². The topological polar surface area (TPSA) is 59.8 Å². The van der Waals surface area contributed by atoms with Crippen LogP contribution in [0.15, 0.2) is 53.7 Å². The molecule has 30 heavy (non-hydrogen) atoms. The van der Waals surface area contributed by atoms with Gasteiger partial charge in [-0.3, -0.25) is 4.79 Å². The summed E-state index contributed by atoms with van der Waals surface area (Å²) in [4.78, 5) is 12.2. The van der Waals surface area contributed by atoms with Crippen LogP contribution in [0.5, 0.6) is 0 Å². The summed E-state index contributed by atoms with van der Waals surface area (Å²) in [5, 5.41) is 11.1. The molecule has 0 saturated heterocycles. The zero-order chi connectivity index (χ0) is 21.9. The highest BCUT2D eigenvalue weighted by molar-refractivity contribution is 7.99. The summed E-state index contributed by atoms with van der Waals surface area (Å²) in [5.41, 5.74) is 0.963. The Bertz CT molecular complexity index is 1030. The molecule has 1 heterocycles. The average Bonchev–Trinajstić information content (AvgIpc) is 3.06. The first kappa shape index (κ1) is 21.9. The maximum absolute atomic E-state index is 13.1. The summed E-state index contributed by atoms with van der Waals surface area (Å²) in [6, 6.07) is 12.9. The highest BCUT2D eigenvalue weighted by atomic mass is 32.2. The number of rotatable bonds is 6. The van der Waals surface area contributed by atoms with Gasteiger partial charge in [-0.1, -0.05) is 62.0 Å². The van der Waals surface area contributed by atoms with Gasteiger partial charge < -0.3 is 9.88 Å². The lowest BCUT2D eigenvalue weighted by atomic mass is 10.0. The van der Waals surface area contributed by atoms with Gasteiger partial charge in [0, 0.05) is 12.6 Å². The molecule has 0 fully saturated rings. The van der Waals surface area contributed by atoms with E-state index < -0.39 is 17.6 Å². The minimum absolute atomic E-state index is 0.0928. The van der Waals surface area contributed by atoms with E-state index in [0.717, 1.165) is 23.4 Å². The van der Waals surface area contributed by atoms with Crippen LogP contribution in [-0.4, -0.2) is 26.4 Å². The summed E-state index contributed by atoms with van der Waals surface area (Å²) < 4.78 is 40.9. The quantitative estimate of drug-likeness (QED) is 0.531. The first-order chi connectivity index (χ1) is 14.2. The number of carbonyl (C=O) groups excluding carboxylic acids is 1. The van der Waals surface area contributed by atoms with E-state index in [2.05, 4.69) is 29.4 Å². The number of halogens is 3. The fourth-order valence-electron chi connectivity index (χ4n) is 2.86. The van der Waals surface area contributed by atoms with E-state index in [4.69, 9.17) is 0 Å². The van der Waals surface area contributed by atoms with Crippen molar-refractivity contribution < 1.29 is 18.0 Å². The molecule has 1 N–H and O–H groups in total. The predicted molar refractivity (Wildman–Crippen MR) is 111 cm³/mol. The van der Waals surface area contributed by atoms with Gasteiger partial charge >= 0.3 is 6.18 Å². The molecule has 2 aromatic carbocycles. The van der Waals surface area contributed by atoms with Crippen LogP contribution in [0, 0.1) is 0 Å². The van der Waals surface area contributed by atoms with Crippen molar-refractivity contribution in [2.75, 3.05) is 11.1 Å². The summed E-state index contributed by atoms with van der Waals surface area (Å²) in [6.07, 6.45) is -4.54. The van der Waals surface area contributed by atoms with Gasteiger partial charge in [-0.2, -0.15) is 13.2 Å². The number of hydrogen-bond donors (Lipinski definition) is 1. The SMILES string of the molecule is CC(C)c1ccc(-c2nnc(SCC(=O)Nc3ccccc3C(F)(F)F)n2C)cc1. The molecule has 0 unspecified atom stereocenters. The molecule has 0 aliphatic heterocycles. The smallest absolute Gasteiger partial charge is 0.325 e. The molecule has 3 rings (SSSR count). The molecule has 1 aromatic heterocycles. The van der Waals surface area contributed by atoms with Crippen LogP contribution in [0.3, 0.4) is 0 Å². The maximum Gasteiger partial charge on any atom is 0.418 e. The van der Waals surface area contributed by atoms with Gasteiger partial charge in [0.05, 0.1) is 17.0 Å². The van der Waals surface area contributed by atoms with Gasteiger partial charge in [0.25, 0.3) is 0 Å². The van der Waals surface area contributed by atoms with Gasteiger partial charge in [0.1, 0.15) is 0 Å². The van der Waals surface area contributed by atoms with E-state index in [1.165, 1.54) is 23.8 Å². The average molecular weight is 434 g/mol. The molecule has 0 aliphatic rings. The maximum atomic E-state index is 13.1. The minimum Gasteiger partial charge on any atom is -0.325 e. The molecule has 1 amide bonds. The Morgan fingerprint density at radius 3 is 2.40 bits per heavy atom. The van der Waals surface area contributed by atoms with E-state index in [9.17, 15) is 18.0 Å². The zero-order valence-corrected chi connectivity index (χ0v) is 17.5. The Balaban J connectivity index is 1.67. The van der Waals surface area contributed by atoms with E-state index in [1.807, 2.05) is 24.3 Å². The van der Waals surface area contributed by atoms with Gasteiger partial charge in [-0.15, -0.1) is 10.2 Å². The van der Waals surface area contributed by atoms with Gasteiger partial charge in [-0.05, 0) is 23.6 Å². The molecule has 0 aliphatic carbocycles. The number of amides is 1. The van der Waals surface area contributed by atoms with Crippen molar-refractivity contribution in [2.24, 2.45) is 7.05 Å². The van der Waals surface area contributed by atoms with Crippen LogP contribution in [0.1, 0.15) is 30.9 Å². The van der Waals surface area contributed by atoms with Gasteiger partial charge in [0.15, 0.2) is 11.0 Å². The van der Waals surface area contributed by atoms with Crippen LogP contribution in [-0.2, 0) is 18.0 Å². The third-order valence-corrected chi connectivity index (χ3v) is 5.53.